The minimum atomic E-state index is -0.153. The molecule has 0 aromatic rings. The maximum Gasteiger partial charge on any atom is 0.591 e. The highest BCUT2D eigenvalue weighted by Crippen LogP contribution is 2.19. The number of hydrogen-bond donors (Lipinski definition) is 0. The summed E-state index contributed by atoms with van der Waals surface area (Å²) < 4.78 is 10.5. The monoisotopic (exact) mass is 150 g/mol. The lowest BCUT2D eigenvalue weighted by Crippen LogP contribution is -2.07. The van der Waals surface area contributed by atoms with E-state index in [1.807, 2.05) is 25.9 Å². The molecule has 0 amide bonds. The predicted molar refractivity (Wildman–Crippen MR) is 45.8 cm³/mol. The van der Waals surface area contributed by atoms with E-state index in [2.05, 4.69) is 6.58 Å². The first kappa shape index (κ1) is 7.99. The minimum Gasteiger partial charge on any atom is -0.527 e. The summed E-state index contributed by atoms with van der Waals surface area (Å²) in [6.07, 6.45) is 5.36. The maximum absolute atomic E-state index is 5.30. The summed E-state index contributed by atoms with van der Waals surface area (Å²) in [4.78, 5) is 0. The van der Waals surface area contributed by atoms with E-state index in [0.29, 0.717) is 0 Å². The second kappa shape index (κ2) is 3.33. The van der Waals surface area contributed by atoms with Crippen LogP contribution in [0.1, 0.15) is 6.92 Å². The third kappa shape index (κ3) is 1.90. The molecule has 1 aliphatic rings. The first-order chi connectivity index (χ1) is 5.24. The molecule has 0 aromatic heterocycles. The van der Waals surface area contributed by atoms with Gasteiger partial charge in [0.15, 0.2) is 0 Å². The SMILES string of the molecule is C=C/C=C\C1=C(C)OB(C)O1. The average Bonchev–Trinajstić information content (AvgIpc) is 2.26. The Bertz CT molecular complexity index is 218. The molecule has 0 bridgehead atoms. The van der Waals surface area contributed by atoms with Gasteiger partial charge in [0.05, 0.1) is 0 Å². The molecule has 0 fully saturated rings. The average molecular weight is 150 g/mol. The van der Waals surface area contributed by atoms with Crippen LogP contribution in [0.2, 0.25) is 6.82 Å². The lowest BCUT2D eigenvalue weighted by Gasteiger charge is -1.96. The third-order valence-corrected chi connectivity index (χ3v) is 1.37. The molecular formula is C8H11BO2. The smallest absolute Gasteiger partial charge is 0.527 e. The predicted octanol–water partition coefficient (Wildman–Crippen LogP) is 2.12. The van der Waals surface area contributed by atoms with Crippen molar-refractivity contribution in [1.29, 1.82) is 0 Å². The Balaban J connectivity index is 2.64. The van der Waals surface area contributed by atoms with Gasteiger partial charge < -0.3 is 9.31 Å². The van der Waals surface area contributed by atoms with Crippen molar-refractivity contribution in [2.75, 3.05) is 0 Å². The first-order valence-electron chi connectivity index (χ1n) is 3.57. The Kier molecular flexibility index (Phi) is 2.42. The molecule has 0 atom stereocenters. The van der Waals surface area contributed by atoms with Gasteiger partial charge in [-0.1, -0.05) is 18.7 Å². The van der Waals surface area contributed by atoms with Gasteiger partial charge in [-0.2, -0.15) is 0 Å². The van der Waals surface area contributed by atoms with Crippen LogP contribution < -0.4 is 0 Å². The maximum atomic E-state index is 5.30. The molecule has 1 aliphatic heterocycles. The molecule has 0 radical (unpaired) electrons. The molecule has 11 heavy (non-hydrogen) atoms. The lowest BCUT2D eigenvalue weighted by atomic mass is 9.97. The van der Waals surface area contributed by atoms with Crippen molar-refractivity contribution in [3.63, 3.8) is 0 Å². The largest absolute Gasteiger partial charge is 0.591 e. The molecule has 0 unspecified atom stereocenters. The molecule has 0 aromatic carbocycles. The van der Waals surface area contributed by atoms with Crippen LogP contribution in [0.3, 0.4) is 0 Å². The van der Waals surface area contributed by atoms with E-state index in [0.717, 1.165) is 11.5 Å². The zero-order valence-electron chi connectivity index (χ0n) is 6.83. The summed E-state index contributed by atoms with van der Waals surface area (Å²) in [6, 6.07) is 0. The van der Waals surface area contributed by atoms with Crippen molar-refractivity contribution >= 4 is 7.12 Å². The molecule has 1 rings (SSSR count). The first-order valence-corrected chi connectivity index (χ1v) is 3.57. The van der Waals surface area contributed by atoms with Crippen molar-refractivity contribution < 1.29 is 9.31 Å². The standard InChI is InChI=1S/C8H11BO2/c1-4-5-6-8-7(2)10-9(3)11-8/h4-6H,1H2,2-3H3/b6-5-. The van der Waals surface area contributed by atoms with E-state index in [1.165, 1.54) is 0 Å². The molecule has 2 nitrogen and oxygen atoms in total. The second-order valence-corrected chi connectivity index (χ2v) is 2.32. The topological polar surface area (TPSA) is 18.5 Å². The van der Waals surface area contributed by atoms with Crippen molar-refractivity contribution in [2.45, 2.75) is 13.7 Å². The van der Waals surface area contributed by atoms with Gasteiger partial charge in [0.2, 0.25) is 0 Å². The molecule has 0 spiro atoms. The fourth-order valence-corrected chi connectivity index (χ4v) is 0.905. The molecule has 0 saturated carbocycles. The van der Waals surface area contributed by atoms with E-state index in [9.17, 15) is 0 Å². The normalized spacial score (nSPS) is 17.1. The van der Waals surface area contributed by atoms with Crippen molar-refractivity contribution in [2.24, 2.45) is 0 Å². The molecule has 0 saturated heterocycles. The molecule has 0 N–H and O–H groups in total. The van der Waals surface area contributed by atoms with Gasteiger partial charge in [0.25, 0.3) is 0 Å². The Morgan fingerprint density at radius 3 is 2.64 bits per heavy atom. The summed E-state index contributed by atoms with van der Waals surface area (Å²) in [5, 5.41) is 0. The van der Waals surface area contributed by atoms with Crippen LogP contribution in [0.25, 0.3) is 0 Å². The molecule has 58 valence electrons. The highest BCUT2D eigenvalue weighted by Gasteiger charge is 2.24. The number of hydrogen-bond acceptors (Lipinski definition) is 2. The Morgan fingerprint density at radius 1 is 1.45 bits per heavy atom. The summed E-state index contributed by atoms with van der Waals surface area (Å²) >= 11 is 0. The van der Waals surface area contributed by atoms with Crippen molar-refractivity contribution in [1.82, 2.24) is 0 Å². The van der Waals surface area contributed by atoms with Crippen LogP contribution in [0.15, 0.2) is 36.3 Å². The summed E-state index contributed by atoms with van der Waals surface area (Å²) in [6.45, 7) is 7.30. The van der Waals surface area contributed by atoms with Crippen LogP contribution in [0, 0.1) is 0 Å². The Hall–Kier alpha value is -1.12. The van der Waals surface area contributed by atoms with Gasteiger partial charge in [-0.25, -0.2) is 0 Å². The van der Waals surface area contributed by atoms with Gasteiger partial charge in [0, 0.05) is 0 Å². The fourth-order valence-electron chi connectivity index (χ4n) is 0.905. The summed E-state index contributed by atoms with van der Waals surface area (Å²) in [5.41, 5.74) is 0. The van der Waals surface area contributed by atoms with Gasteiger partial charge in [-0.3, -0.25) is 0 Å². The lowest BCUT2D eigenvalue weighted by molar-refractivity contribution is 0.388. The second-order valence-electron chi connectivity index (χ2n) is 2.32. The Morgan fingerprint density at radius 2 is 2.18 bits per heavy atom. The van der Waals surface area contributed by atoms with E-state index < -0.39 is 0 Å². The molecular weight excluding hydrogens is 139 g/mol. The van der Waals surface area contributed by atoms with Crippen LogP contribution in [0.4, 0.5) is 0 Å². The fraction of sp³-hybridized carbons (Fsp3) is 0.250. The van der Waals surface area contributed by atoms with Gasteiger partial charge in [0.1, 0.15) is 11.5 Å². The van der Waals surface area contributed by atoms with Crippen LogP contribution in [0.5, 0.6) is 0 Å². The van der Waals surface area contributed by atoms with Crippen LogP contribution in [-0.2, 0) is 9.31 Å². The van der Waals surface area contributed by atoms with Gasteiger partial charge in [-0.15, -0.1) is 0 Å². The Labute approximate surface area is 67.3 Å². The van der Waals surface area contributed by atoms with Gasteiger partial charge in [-0.05, 0) is 19.8 Å². The van der Waals surface area contributed by atoms with E-state index in [-0.39, 0.29) is 7.12 Å². The summed E-state index contributed by atoms with van der Waals surface area (Å²) in [7, 11) is -0.153. The van der Waals surface area contributed by atoms with Gasteiger partial charge >= 0.3 is 7.12 Å². The van der Waals surface area contributed by atoms with E-state index in [1.54, 1.807) is 6.08 Å². The summed E-state index contributed by atoms with van der Waals surface area (Å²) in [5.74, 6) is 1.62. The minimum absolute atomic E-state index is 0.153. The van der Waals surface area contributed by atoms with Crippen molar-refractivity contribution in [3.8, 4) is 0 Å². The van der Waals surface area contributed by atoms with E-state index >= 15 is 0 Å². The molecule has 0 aliphatic carbocycles. The highest BCUT2D eigenvalue weighted by molar-refractivity contribution is 6.44. The zero-order valence-corrected chi connectivity index (χ0v) is 6.83. The number of rotatable bonds is 2. The van der Waals surface area contributed by atoms with Crippen LogP contribution >= 0.6 is 0 Å². The number of allylic oxidation sites excluding steroid dienone is 4. The third-order valence-electron chi connectivity index (χ3n) is 1.37. The van der Waals surface area contributed by atoms with Crippen LogP contribution in [-0.4, -0.2) is 7.12 Å². The quantitative estimate of drug-likeness (QED) is 0.443. The molecule has 3 heteroatoms. The zero-order chi connectivity index (χ0) is 8.27. The van der Waals surface area contributed by atoms with Crippen molar-refractivity contribution in [3.05, 3.63) is 36.3 Å². The van der Waals surface area contributed by atoms with E-state index in [4.69, 9.17) is 9.31 Å². The molecule has 1 heterocycles. The highest BCUT2D eigenvalue weighted by atomic mass is 16.6.